The average molecular weight is 142 g/mol. The molecule has 0 radical (unpaired) electrons. The minimum absolute atomic E-state index is 0.108. The Hall–Kier alpha value is 0.500. The second-order valence-corrected chi connectivity index (χ2v) is 3.60. The van der Waals surface area contributed by atoms with Gasteiger partial charge in [-0.1, -0.05) is 6.92 Å². The molecule has 0 fully saturated rings. The Morgan fingerprint density at radius 1 is 2.00 bits per heavy atom. The summed E-state index contributed by atoms with van der Waals surface area (Å²) in [5.41, 5.74) is 0. The average Bonchev–Trinajstić information content (AvgIpc) is 1.68. The Morgan fingerprint density at radius 2 is 2.43 bits per heavy atom. The highest BCUT2D eigenvalue weighted by atomic mass is 32.1. The molecule has 0 aliphatic rings. The van der Waals surface area contributed by atoms with Crippen molar-refractivity contribution in [3.05, 3.63) is 0 Å². The van der Waals surface area contributed by atoms with Gasteiger partial charge in [0.2, 0.25) is 0 Å². The van der Waals surface area contributed by atoms with E-state index in [-0.39, 0.29) is 6.16 Å². The molecule has 1 atom stereocenters. The van der Waals surface area contributed by atoms with Gasteiger partial charge in [0.1, 0.15) is 0 Å². The Kier molecular flexibility index (Phi) is 2.92. The van der Waals surface area contributed by atoms with Gasteiger partial charge in [0, 0.05) is 6.16 Å². The van der Waals surface area contributed by atoms with Gasteiger partial charge >= 0.3 is 7.60 Å². The van der Waals surface area contributed by atoms with Crippen LogP contribution in [0.25, 0.3) is 0 Å². The fourth-order valence-electron chi connectivity index (χ4n) is 0.0577. The highest BCUT2D eigenvalue weighted by Crippen LogP contribution is 2.41. The molecule has 0 heterocycles. The zero-order valence-electron chi connectivity index (χ0n) is 3.87. The molecule has 0 saturated carbocycles. The van der Waals surface area contributed by atoms with E-state index in [1.54, 1.807) is 6.92 Å². The van der Waals surface area contributed by atoms with Crippen molar-refractivity contribution in [1.29, 1.82) is 0 Å². The number of rotatable bonds is 2. The quantitative estimate of drug-likeness (QED) is 0.344. The van der Waals surface area contributed by atoms with Gasteiger partial charge in [-0.3, -0.25) is 4.57 Å². The lowest BCUT2D eigenvalue weighted by Gasteiger charge is -2.00. The van der Waals surface area contributed by atoms with Gasteiger partial charge in [-0.25, -0.2) is 3.97 Å². The Balaban J connectivity index is 3.61. The summed E-state index contributed by atoms with van der Waals surface area (Å²) in [6.45, 7) is 1.55. The van der Waals surface area contributed by atoms with E-state index in [1.807, 2.05) is 0 Å². The van der Waals surface area contributed by atoms with Crippen LogP contribution in [-0.4, -0.2) is 11.1 Å². The maximum atomic E-state index is 10.2. The Labute approximate surface area is 47.8 Å². The van der Waals surface area contributed by atoms with E-state index in [1.165, 1.54) is 0 Å². The van der Waals surface area contributed by atoms with Crippen molar-refractivity contribution in [3.8, 4) is 0 Å². The number of hydrogen-bond acceptors (Lipinski definition) is 3. The van der Waals surface area contributed by atoms with Crippen molar-refractivity contribution >= 4 is 20.5 Å². The first kappa shape index (κ1) is 7.50. The zero-order valence-corrected chi connectivity index (χ0v) is 5.65. The van der Waals surface area contributed by atoms with Crippen LogP contribution in [0, 0.1) is 0 Å². The number of thiol groups is 1. The predicted molar refractivity (Wildman–Crippen MR) is 30.4 cm³/mol. The zero-order chi connectivity index (χ0) is 5.91. The molecule has 3 nitrogen and oxygen atoms in total. The minimum atomic E-state index is -3.29. The maximum Gasteiger partial charge on any atom is 0.338 e. The molecule has 1 N–H and O–H groups in total. The van der Waals surface area contributed by atoms with E-state index in [0.717, 1.165) is 0 Å². The third-order valence-electron chi connectivity index (χ3n) is 0.527. The molecule has 0 aliphatic carbocycles. The highest BCUT2D eigenvalue weighted by molar-refractivity contribution is 7.81. The summed E-state index contributed by atoms with van der Waals surface area (Å²) >= 11 is 3.17. The van der Waals surface area contributed by atoms with E-state index in [0.29, 0.717) is 0 Å². The van der Waals surface area contributed by atoms with Gasteiger partial charge in [-0.2, -0.15) is 0 Å². The van der Waals surface area contributed by atoms with Crippen LogP contribution in [0.15, 0.2) is 0 Å². The van der Waals surface area contributed by atoms with Gasteiger partial charge in [0.15, 0.2) is 0 Å². The molecule has 0 aromatic heterocycles. The van der Waals surface area contributed by atoms with Crippen LogP contribution in [0.4, 0.5) is 0 Å². The van der Waals surface area contributed by atoms with Gasteiger partial charge in [-0.05, 0) is 12.9 Å². The SMILES string of the molecule is CCP(=O)(O)OS. The van der Waals surface area contributed by atoms with E-state index in [9.17, 15) is 4.57 Å². The second kappa shape index (κ2) is 2.72. The maximum absolute atomic E-state index is 10.2. The Morgan fingerprint density at radius 3 is 2.43 bits per heavy atom. The summed E-state index contributed by atoms with van der Waals surface area (Å²) in [5, 5.41) is 0. The smallest absolute Gasteiger partial charge is 0.324 e. The fourth-order valence-corrected chi connectivity index (χ4v) is 0.520. The summed E-state index contributed by atoms with van der Waals surface area (Å²) in [7, 11) is -3.29. The van der Waals surface area contributed by atoms with Gasteiger partial charge in [0.05, 0.1) is 0 Å². The first-order chi connectivity index (χ1) is 3.12. The molecule has 0 aromatic carbocycles. The molecule has 1 unspecified atom stereocenters. The van der Waals surface area contributed by atoms with E-state index < -0.39 is 7.60 Å². The topological polar surface area (TPSA) is 46.5 Å². The van der Waals surface area contributed by atoms with Crippen LogP contribution in [0.1, 0.15) is 6.92 Å². The van der Waals surface area contributed by atoms with Crippen LogP contribution < -0.4 is 0 Å². The van der Waals surface area contributed by atoms with Crippen molar-refractivity contribution in [2.24, 2.45) is 0 Å². The second-order valence-electron chi connectivity index (χ2n) is 1.04. The van der Waals surface area contributed by atoms with Crippen molar-refractivity contribution in [1.82, 2.24) is 0 Å². The molecule has 0 aromatic rings. The summed E-state index contributed by atoms with van der Waals surface area (Å²) in [6, 6.07) is 0. The molecule has 0 bridgehead atoms. The minimum Gasteiger partial charge on any atom is -0.324 e. The molecule has 0 saturated heterocycles. The van der Waals surface area contributed by atoms with Crippen molar-refractivity contribution in [2.75, 3.05) is 6.16 Å². The monoisotopic (exact) mass is 142 g/mol. The molecular formula is C2H7O3PS. The predicted octanol–water partition coefficient (Wildman–Crippen LogP) is 1.05. The first-order valence-corrected chi connectivity index (χ1v) is 3.90. The van der Waals surface area contributed by atoms with Crippen LogP contribution >= 0.6 is 20.5 Å². The Bertz CT molecular complexity index is 84.9. The van der Waals surface area contributed by atoms with E-state index >= 15 is 0 Å². The standard InChI is InChI=1S/C2H7O3PS/c1-2-6(3,4)5-7/h7H,2H2,1H3,(H,3,4). The van der Waals surface area contributed by atoms with Crippen molar-refractivity contribution in [2.45, 2.75) is 6.92 Å². The molecular weight excluding hydrogens is 135 g/mol. The third kappa shape index (κ3) is 3.12. The van der Waals surface area contributed by atoms with Crippen molar-refractivity contribution in [3.63, 3.8) is 0 Å². The lowest BCUT2D eigenvalue weighted by atomic mass is 11.0. The normalized spacial score (nSPS) is 18.7. The van der Waals surface area contributed by atoms with E-state index in [2.05, 4.69) is 16.9 Å². The third-order valence-corrected chi connectivity index (χ3v) is 2.35. The van der Waals surface area contributed by atoms with Crippen molar-refractivity contribution < 1.29 is 13.4 Å². The molecule has 44 valence electrons. The summed E-state index contributed by atoms with van der Waals surface area (Å²) in [4.78, 5) is 8.39. The van der Waals surface area contributed by atoms with Crippen LogP contribution in [-0.2, 0) is 8.54 Å². The molecule has 7 heavy (non-hydrogen) atoms. The summed E-state index contributed by atoms with van der Waals surface area (Å²) in [5.74, 6) is 0. The lowest BCUT2D eigenvalue weighted by Crippen LogP contribution is -1.79. The van der Waals surface area contributed by atoms with Gasteiger partial charge in [0.25, 0.3) is 0 Å². The first-order valence-electron chi connectivity index (χ1n) is 1.77. The summed E-state index contributed by atoms with van der Waals surface area (Å²) in [6.07, 6.45) is 0.108. The molecule has 0 rings (SSSR count). The van der Waals surface area contributed by atoms with E-state index in [4.69, 9.17) is 4.89 Å². The van der Waals surface area contributed by atoms with Gasteiger partial charge < -0.3 is 4.89 Å². The lowest BCUT2D eigenvalue weighted by molar-refractivity contribution is 0.405. The number of hydrogen-bond donors (Lipinski definition) is 2. The molecule has 0 spiro atoms. The van der Waals surface area contributed by atoms with Crippen LogP contribution in [0.3, 0.4) is 0 Å². The van der Waals surface area contributed by atoms with Crippen LogP contribution in [0.2, 0.25) is 0 Å². The molecule has 0 aliphatic heterocycles. The molecule has 5 heteroatoms. The largest absolute Gasteiger partial charge is 0.338 e. The molecule has 0 amide bonds. The highest BCUT2D eigenvalue weighted by Gasteiger charge is 2.12. The summed E-state index contributed by atoms with van der Waals surface area (Å²) < 4.78 is 14.1. The fraction of sp³-hybridized carbons (Fsp3) is 1.00. The van der Waals surface area contributed by atoms with Crippen LogP contribution in [0.5, 0.6) is 0 Å². The van der Waals surface area contributed by atoms with Gasteiger partial charge in [-0.15, -0.1) is 0 Å².